The first-order valence-electron chi connectivity index (χ1n) is 5.94. The Morgan fingerprint density at radius 2 is 1.60 bits per heavy atom. The lowest BCUT2D eigenvalue weighted by Gasteiger charge is -2.14. The summed E-state index contributed by atoms with van der Waals surface area (Å²) in [6.45, 7) is 0. The Morgan fingerprint density at radius 1 is 0.950 bits per heavy atom. The van der Waals surface area contributed by atoms with Crippen LogP contribution in [-0.2, 0) is 0 Å². The van der Waals surface area contributed by atoms with E-state index in [1.54, 1.807) is 43.5 Å². The number of anilines is 1. The van der Waals surface area contributed by atoms with Crippen molar-refractivity contribution in [3.05, 3.63) is 58.6 Å². The fourth-order valence-electron chi connectivity index (χ4n) is 2.18. The van der Waals surface area contributed by atoms with Gasteiger partial charge in [-0.25, -0.2) is 4.90 Å². The Kier molecular flexibility index (Phi) is 2.95. The highest BCUT2D eigenvalue weighted by Crippen LogP contribution is 2.30. The highest BCUT2D eigenvalue weighted by atomic mass is 35.5. The van der Waals surface area contributed by atoms with Gasteiger partial charge >= 0.3 is 0 Å². The average molecular weight is 288 g/mol. The van der Waals surface area contributed by atoms with Crippen LogP contribution in [0.3, 0.4) is 0 Å². The molecule has 0 aromatic heterocycles. The van der Waals surface area contributed by atoms with E-state index in [0.717, 1.165) is 4.90 Å². The molecule has 5 heteroatoms. The summed E-state index contributed by atoms with van der Waals surface area (Å²) >= 11 is 5.87. The third-order valence-electron chi connectivity index (χ3n) is 3.18. The van der Waals surface area contributed by atoms with Gasteiger partial charge in [0.1, 0.15) is 5.75 Å². The van der Waals surface area contributed by atoms with Gasteiger partial charge < -0.3 is 4.74 Å². The van der Waals surface area contributed by atoms with Crippen LogP contribution in [0.1, 0.15) is 20.7 Å². The molecule has 0 atom stereocenters. The Balaban J connectivity index is 2.04. The van der Waals surface area contributed by atoms with Crippen LogP contribution in [0.25, 0.3) is 0 Å². The maximum absolute atomic E-state index is 12.3. The van der Waals surface area contributed by atoms with E-state index in [1.165, 1.54) is 6.07 Å². The van der Waals surface area contributed by atoms with E-state index in [0.29, 0.717) is 27.6 Å². The van der Waals surface area contributed by atoms with Crippen LogP contribution in [0, 0.1) is 0 Å². The summed E-state index contributed by atoms with van der Waals surface area (Å²) < 4.78 is 5.06. The number of benzene rings is 2. The summed E-state index contributed by atoms with van der Waals surface area (Å²) in [7, 11) is 1.55. The zero-order valence-corrected chi connectivity index (χ0v) is 11.3. The zero-order valence-electron chi connectivity index (χ0n) is 10.6. The van der Waals surface area contributed by atoms with Gasteiger partial charge in [0, 0.05) is 5.02 Å². The van der Waals surface area contributed by atoms with E-state index in [-0.39, 0.29) is 11.8 Å². The topological polar surface area (TPSA) is 46.6 Å². The van der Waals surface area contributed by atoms with E-state index < -0.39 is 0 Å². The molecule has 0 saturated heterocycles. The lowest BCUT2D eigenvalue weighted by Crippen LogP contribution is -2.29. The van der Waals surface area contributed by atoms with Crippen LogP contribution < -0.4 is 9.64 Å². The number of hydrogen-bond donors (Lipinski definition) is 0. The second kappa shape index (κ2) is 4.65. The van der Waals surface area contributed by atoms with Gasteiger partial charge in [-0.05, 0) is 42.5 Å². The van der Waals surface area contributed by atoms with Gasteiger partial charge in [-0.15, -0.1) is 0 Å². The average Bonchev–Trinajstić information content (AvgIpc) is 2.71. The van der Waals surface area contributed by atoms with Gasteiger partial charge in [0.25, 0.3) is 11.8 Å². The number of methoxy groups -OCH3 is 1. The van der Waals surface area contributed by atoms with Crippen molar-refractivity contribution in [1.82, 2.24) is 0 Å². The molecule has 0 fully saturated rings. The molecular weight excluding hydrogens is 278 g/mol. The smallest absolute Gasteiger partial charge is 0.266 e. The minimum Gasteiger partial charge on any atom is -0.497 e. The number of carbonyl (C=O) groups is 2. The van der Waals surface area contributed by atoms with E-state index >= 15 is 0 Å². The Labute approximate surface area is 120 Å². The molecule has 1 heterocycles. The summed E-state index contributed by atoms with van der Waals surface area (Å²) in [6.07, 6.45) is 0. The summed E-state index contributed by atoms with van der Waals surface area (Å²) in [4.78, 5) is 25.8. The molecular formula is C15H10ClNO3. The van der Waals surface area contributed by atoms with Crippen molar-refractivity contribution in [2.75, 3.05) is 12.0 Å². The Morgan fingerprint density at radius 3 is 2.25 bits per heavy atom. The van der Waals surface area contributed by atoms with Crippen LogP contribution in [0.4, 0.5) is 5.69 Å². The SMILES string of the molecule is COc1ccc(N2C(=O)c3ccc(Cl)cc3C2=O)cc1. The predicted octanol–water partition coefficient (Wildman–Crippen LogP) is 3.15. The third kappa shape index (κ3) is 1.85. The molecule has 2 aromatic rings. The fourth-order valence-corrected chi connectivity index (χ4v) is 2.35. The van der Waals surface area contributed by atoms with Crippen molar-refractivity contribution in [2.24, 2.45) is 0 Å². The van der Waals surface area contributed by atoms with Crippen LogP contribution >= 0.6 is 11.6 Å². The molecule has 100 valence electrons. The maximum Gasteiger partial charge on any atom is 0.266 e. The largest absolute Gasteiger partial charge is 0.497 e. The maximum atomic E-state index is 12.3. The van der Waals surface area contributed by atoms with Crippen molar-refractivity contribution < 1.29 is 14.3 Å². The van der Waals surface area contributed by atoms with Crippen molar-refractivity contribution in [3.63, 3.8) is 0 Å². The zero-order chi connectivity index (χ0) is 14.3. The van der Waals surface area contributed by atoms with Crippen molar-refractivity contribution >= 4 is 29.1 Å². The summed E-state index contributed by atoms with van der Waals surface area (Å²) in [5.41, 5.74) is 1.21. The molecule has 1 aliphatic rings. The van der Waals surface area contributed by atoms with E-state index in [1.807, 2.05) is 0 Å². The number of rotatable bonds is 2. The van der Waals surface area contributed by atoms with Gasteiger partial charge in [0.05, 0.1) is 23.9 Å². The highest BCUT2D eigenvalue weighted by molar-refractivity contribution is 6.36. The predicted molar refractivity (Wildman–Crippen MR) is 75.6 cm³/mol. The number of ether oxygens (including phenoxy) is 1. The number of fused-ring (bicyclic) bond motifs is 1. The number of imide groups is 1. The molecule has 0 bridgehead atoms. The van der Waals surface area contributed by atoms with Crippen molar-refractivity contribution in [2.45, 2.75) is 0 Å². The van der Waals surface area contributed by atoms with Gasteiger partial charge in [-0.1, -0.05) is 11.6 Å². The standard InChI is InChI=1S/C15H10ClNO3/c1-20-11-5-3-10(4-6-11)17-14(18)12-7-2-9(16)8-13(12)15(17)19/h2-8H,1H3. The van der Waals surface area contributed by atoms with Gasteiger partial charge in [-0.3, -0.25) is 9.59 Å². The minimum absolute atomic E-state index is 0.332. The van der Waals surface area contributed by atoms with Crippen molar-refractivity contribution in [1.29, 1.82) is 0 Å². The van der Waals surface area contributed by atoms with Crippen LogP contribution in [-0.4, -0.2) is 18.9 Å². The second-order valence-corrected chi connectivity index (χ2v) is 4.77. The number of halogens is 1. The molecule has 20 heavy (non-hydrogen) atoms. The normalized spacial score (nSPS) is 13.6. The summed E-state index contributed by atoms with van der Waals surface area (Å²) in [6, 6.07) is 11.4. The molecule has 3 rings (SSSR count). The lowest BCUT2D eigenvalue weighted by molar-refractivity contribution is 0.0926. The number of carbonyl (C=O) groups excluding carboxylic acids is 2. The first kappa shape index (κ1) is 12.7. The van der Waals surface area contributed by atoms with Crippen LogP contribution in [0.5, 0.6) is 5.75 Å². The number of nitrogens with zero attached hydrogens (tertiary/aromatic N) is 1. The van der Waals surface area contributed by atoms with E-state index in [2.05, 4.69) is 0 Å². The molecule has 1 aliphatic heterocycles. The molecule has 4 nitrogen and oxygen atoms in total. The molecule has 0 saturated carbocycles. The van der Waals surface area contributed by atoms with Crippen LogP contribution in [0.15, 0.2) is 42.5 Å². The highest BCUT2D eigenvalue weighted by Gasteiger charge is 2.36. The van der Waals surface area contributed by atoms with Crippen molar-refractivity contribution in [3.8, 4) is 5.75 Å². The first-order chi connectivity index (χ1) is 9.61. The molecule has 2 amide bonds. The lowest BCUT2D eigenvalue weighted by atomic mass is 10.1. The monoisotopic (exact) mass is 287 g/mol. The fraction of sp³-hybridized carbons (Fsp3) is 0.0667. The molecule has 0 aliphatic carbocycles. The molecule has 0 spiro atoms. The molecule has 0 radical (unpaired) electrons. The number of amides is 2. The van der Waals surface area contributed by atoms with Gasteiger partial charge in [-0.2, -0.15) is 0 Å². The molecule has 2 aromatic carbocycles. The number of hydrogen-bond acceptors (Lipinski definition) is 3. The molecule has 0 N–H and O–H groups in total. The van der Waals surface area contributed by atoms with E-state index in [4.69, 9.17) is 16.3 Å². The van der Waals surface area contributed by atoms with Gasteiger partial charge in [0.15, 0.2) is 0 Å². The minimum atomic E-state index is -0.363. The quantitative estimate of drug-likeness (QED) is 0.797. The van der Waals surface area contributed by atoms with Crippen LogP contribution in [0.2, 0.25) is 5.02 Å². The van der Waals surface area contributed by atoms with E-state index in [9.17, 15) is 9.59 Å². The first-order valence-corrected chi connectivity index (χ1v) is 6.32. The third-order valence-corrected chi connectivity index (χ3v) is 3.41. The Bertz CT molecular complexity index is 710. The Hall–Kier alpha value is -2.33. The van der Waals surface area contributed by atoms with Gasteiger partial charge in [0.2, 0.25) is 0 Å². The summed E-state index contributed by atoms with van der Waals surface area (Å²) in [5.74, 6) is -0.0436. The second-order valence-electron chi connectivity index (χ2n) is 4.33. The summed E-state index contributed by atoms with van der Waals surface area (Å²) in [5, 5.41) is 0.432. The molecule has 0 unspecified atom stereocenters.